The normalized spacial score (nSPS) is 9.94. The van der Waals surface area contributed by atoms with E-state index in [1.54, 1.807) is 12.1 Å². The zero-order valence-corrected chi connectivity index (χ0v) is 9.35. The molecule has 2 N–H and O–H groups in total. The zero-order chi connectivity index (χ0) is 12.3. The van der Waals surface area contributed by atoms with Crippen molar-refractivity contribution in [3.05, 3.63) is 47.4 Å². The van der Waals surface area contributed by atoms with E-state index in [0.717, 1.165) is 0 Å². The predicted octanol–water partition coefficient (Wildman–Crippen LogP) is 2.09. The molecule has 86 valence electrons. The molecule has 0 aliphatic carbocycles. The minimum Gasteiger partial charge on any atom is -0.507 e. The Hall–Kier alpha value is -2.14. The van der Waals surface area contributed by atoms with Crippen molar-refractivity contribution in [2.45, 2.75) is 0 Å². The number of aromatic hydroxyl groups is 1. The second-order valence-corrected chi connectivity index (χ2v) is 3.58. The molecular formula is C11H8ClN3O2. The van der Waals surface area contributed by atoms with Gasteiger partial charge in [-0.1, -0.05) is 23.7 Å². The van der Waals surface area contributed by atoms with Gasteiger partial charge in [-0.2, -0.15) is 0 Å². The van der Waals surface area contributed by atoms with Crippen LogP contribution in [-0.4, -0.2) is 21.0 Å². The second-order valence-electron chi connectivity index (χ2n) is 3.20. The zero-order valence-electron chi connectivity index (χ0n) is 8.59. The van der Waals surface area contributed by atoms with Crippen LogP contribution in [0.3, 0.4) is 0 Å². The smallest absolute Gasteiger partial charge is 0.260 e. The Morgan fingerprint density at radius 3 is 2.76 bits per heavy atom. The summed E-state index contributed by atoms with van der Waals surface area (Å²) in [5, 5.41) is 12.2. The Bertz CT molecular complexity index is 560. The van der Waals surface area contributed by atoms with E-state index in [2.05, 4.69) is 15.3 Å². The average molecular weight is 250 g/mol. The fourth-order valence-corrected chi connectivity index (χ4v) is 1.40. The first kappa shape index (κ1) is 11.3. The van der Waals surface area contributed by atoms with E-state index in [4.69, 9.17) is 11.6 Å². The van der Waals surface area contributed by atoms with Crippen LogP contribution < -0.4 is 5.32 Å². The quantitative estimate of drug-likeness (QED) is 0.799. The number of hydrogen-bond acceptors (Lipinski definition) is 4. The first-order chi connectivity index (χ1) is 8.16. The lowest BCUT2D eigenvalue weighted by atomic mass is 10.2. The van der Waals surface area contributed by atoms with Crippen molar-refractivity contribution in [1.29, 1.82) is 0 Å². The van der Waals surface area contributed by atoms with Gasteiger partial charge in [-0.3, -0.25) is 4.79 Å². The van der Waals surface area contributed by atoms with Crippen molar-refractivity contribution in [1.82, 2.24) is 9.97 Å². The van der Waals surface area contributed by atoms with Gasteiger partial charge in [0.25, 0.3) is 5.91 Å². The Kier molecular flexibility index (Phi) is 3.20. The number of carbonyl (C=O) groups is 1. The van der Waals surface area contributed by atoms with Crippen LogP contribution in [0.4, 0.5) is 5.82 Å². The third-order valence-electron chi connectivity index (χ3n) is 2.02. The molecule has 2 rings (SSSR count). The van der Waals surface area contributed by atoms with Crippen molar-refractivity contribution < 1.29 is 9.90 Å². The molecule has 1 aromatic carbocycles. The van der Waals surface area contributed by atoms with E-state index >= 15 is 0 Å². The summed E-state index contributed by atoms with van der Waals surface area (Å²) < 4.78 is 0. The molecule has 0 unspecified atom stereocenters. The second kappa shape index (κ2) is 4.80. The van der Waals surface area contributed by atoms with Crippen LogP contribution in [-0.2, 0) is 0 Å². The van der Waals surface area contributed by atoms with Crippen LogP contribution in [0.5, 0.6) is 5.75 Å². The molecule has 0 spiro atoms. The summed E-state index contributed by atoms with van der Waals surface area (Å²) in [6.07, 6.45) is 1.24. The molecule has 1 heterocycles. The van der Waals surface area contributed by atoms with Crippen LogP contribution in [0.25, 0.3) is 0 Å². The van der Waals surface area contributed by atoms with E-state index in [1.165, 1.54) is 24.5 Å². The van der Waals surface area contributed by atoms with Gasteiger partial charge in [0.15, 0.2) is 0 Å². The van der Waals surface area contributed by atoms with E-state index < -0.39 is 5.91 Å². The van der Waals surface area contributed by atoms with Gasteiger partial charge in [0.05, 0.1) is 5.56 Å². The van der Waals surface area contributed by atoms with E-state index in [-0.39, 0.29) is 22.3 Å². The molecular weight excluding hydrogens is 242 g/mol. The predicted molar refractivity (Wildman–Crippen MR) is 63.1 cm³/mol. The summed E-state index contributed by atoms with van der Waals surface area (Å²) in [5.74, 6) is -0.277. The summed E-state index contributed by atoms with van der Waals surface area (Å²) >= 11 is 5.65. The number of anilines is 1. The maximum atomic E-state index is 11.8. The minimum atomic E-state index is -0.460. The third kappa shape index (κ3) is 2.70. The molecule has 0 radical (unpaired) electrons. The molecule has 0 saturated heterocycles. The average Bonchev–Trinajstić information content (AvgIpc) is 2.29. The molecule has 6 heteroatoms. The minimum absolute atomic E-state index is 0.0925. The molecule has 1 amide bonds. The standard InChI is InChI=1S/C11H8ClN3O2/c12-9-5-10(14-6-13-9)15-11(17)7-3-1-2-4-8(7)16/h1-6,16H,(H,13,14,15,17). The lowest BCUT2D eigenvalue weighted by molar-refractivity contribution is 0.102. The number of benzene rings is 1. The lowest BCUT2D eigenvalue weighted by Gasteiger charge is -2.05. The highest BCUT2D eigenvalue weighted by molar-refractivity contribution is 6.29. The summed E-state index contributed by atoms with van der Waals surface area (Å²) in [4.78, 5) is 19.3. The molecule has 0 atom stereocenters. The third-order valence-corrected chi connectivity index (χ3v) is 2.23. The van der Waals surface area contributed by atoms with Crippen molar-refractivity contribution in [2.24, 2.45) is 0 Å². The molecule has 0 bridgehead atoms. The largest absolute Gasteiger partial charge is 0.507 e. The van der Waals surface area contributed by atoms with E-state index in [9.17, 15) is 9.90 Å². The number of nitrogens with zero attached hydrogens (tertiary/aromatic N) is 2. The van der Waals surface area contributed by atoms with Crippen molar-refractivity contribution in [2.75, 3.05) is 5.32 Å². The maximum Gasteiger partial charge on any atom is 0.260 e. The summed E-state index contributed by atoms with van der Waals surface area (Å²) in [6.45, 7) is 0. The number of halogens is 1. The number of rotatable bonds is 2. The van der Waals surface area contributed by atoms with Gasteiger partial charge in [-0.05, 0) is 12.1 Å². The Morgan fingerprint density at radius 1 is 1.29 bits per heavy atom. The Balaban J connectivity index is 2.20. The molecule has 0 aliphatic heterocycles. The Labute approximate surface area is 102 Å². The fourth-order valence-electron chi connectivity index (χ4n) is 1.25. The number of aromatic nitrogens is 2. The van der Waals surface area contributed by atoms with E-state index in [0.29, 0.717) is 0 Å². The van der Waals surface area contributed by atoms with E-state index in [1.807, 2.05) is 0 Å². The number of amides is 1. The van der Waals surface area contributed by atoms with Gasteiger partial charge in [0.1, 0.15) is 23.0 Å². The highest BCUT2D eigenvalue weighted by Gasteiger charge is 2.10. The van der Waals surface area contributed by atoms with Crippen LogP contribution >= 0.6 is 11.6 Å². The fraction of sp³-hybridized carbons (Fsp3) is 0. The van der Waals surface area contributed by atoms with Crippen LogP contribution in [0, 0.1) is 0 Å². The first-order valence-corrected chi connectivity index (χ1v) is 5.11. The summed E-state index contributed by atoms with van der Waals surface area (Å²) in [5.41, 5.74) is 0.169. The molecule has 0 saturated carbocycles. The van der Waals surface area contributed by atoms with Crippen LogP contribution in [0.2, 0.25) is 5.15 Å². The number of hydrogen-bond donors (Lipinski definition) is 2. The van der Waals surface area contributed by atoms with Gasteiger partial charge < -0.3 is 10.4 Å². The van der Waals surface area contributed by atoms with Crippen LogP contribution in [0.15, 0.2) is 36.7 Å². The van der Waals surface area contributed by atoms with Crippen molar-refractivity contribution in [3.8, 4) is 5.75 Å². The van der Waals surface area contributed by atoms with Gasteiger partial charge >= 0.3 is 0 Å². The maximum absolute atomic E-state index is 11.8. The number of nitrogens with one attached hydrogen (secondary N) is 1. The number of para-hydroxylation sites is 1. The summed E-state index contributed by atoms with van der Waals surface area (Å²) in [7, 11) is 0. The molecule has 0 fully saturated rings. The highest BCUT2D eigenvalue weighted by Crippen LogP contribution is 2.17. The van der Waals surface area contributed by atoms with Gasteiger partial charge in [-0.15, -0.1) is 0 Å². The summed E-state index contributed by atoms with van der Waals surface area (Å²) in [6, 6.07) is 7.64. The molecule has 1 aromatic heterocycles. The number of carbonyl (C=O) groups excluding carboxylic acids is 1. The van der Waals surface area contributed by atoms with Crippen LogP contribution in [0.1, 0.15) is 10.4 Å². The monoisotopic (exact) mass is 249 g/mol. The lowest BCUT2D eigenvalue weighted by Crippen LogP contribution is -2.13. The Morgan fingerprint density at radius 2 is 2.06 bits per heavy atom. The topological polar surface area (TPSA) is 75.1 Å². The highest BCUT2D eigenvalue weighted by atomic mass is 35.5. The van der Waals surface area contributed by atoms with Crippen molar-refractivity contribution in [3.63, 3.8) is 0 Å². The molecule has 0 aliphatic rings. The molecule has 2 aromatic rings. The molecule has 17 heavy (non-hydrogen) atoms. The SMILES string of the molecule is O=C(Nc1cc(Cl)ncn1)c1ccccc1O. The van der Waals surface area contributed by atoms with Crippen molar-refractivity contribution >= 4 is 23.3 Å². The van der Waals surface area contributed by atoms with Gasteiger partial charge in [0, 0.05) is 6.07 Å². The first-order valence-electron chi connectivity index (χ1n) is 4.74. The number of phenolic OH excluding ortho intramolecular Hbond substituents is 1. The number of phenols is 1. The van der Waals surface area contributed by atoms with Gasteiger partial charge in [0.2, 0.25) is 0 Å². The molecule has 5 nitrogen and oxygen atoms in total. The van der Waals surface area contributed by atoms with Gasteiger partial charge in [-0.25, -0.2) is 9.97 Å².